The van der Waals surface area contributed by atoms with Gasteiger partial charge in [0, 0.05) is 6.20 Å². The molecule has 0 radical (unpaired) electrons. The molecule has 1 rings (SSSR count). The Balaban J connectivity index is 0.000000490. The van der Waals surface area contributed by atoms with Crippen molar-refractivity contribution in [1.29, 1.82) is 0 Å². The van der Waals surface area contributed by atoms with Crippen LogP contribution in [-0.2, 0) is 12.6 Å². The van der Waals surface area contributed by atoms with Gasteiger partial charge in [0.15, 0.2) is 0 Å². The Morgan fingerprint density at radius 1 is 1.50 bits per heavy atom. The monoisotopic (exact) mass is 150 g/mol. The fourth-order valence-electron chi connectivity index (χ4n) is 0.279. The third-order valence-corrected chi connectivity index (χ3v) is 0.796. The van der Waals surface area contributed by atoms with Crippen LogP contribution in [0.4, 0.5) is 0 Å². The zero-order valence-corrected chi connectivity index (χ0v) is 8.47. The Bertz CT molecular complexity index is 144. The van der Waals surface area contributed by atoms with E-state index in [9.17, 15) is 0 Å². The van der Waals surface area contributed by atoms with Gasteiger partial charge in [-0.2, -0.15) is 0 Å². The zero-order valence-electron chi connectivity index (χ0n) is 4.53. The molecule has 0 aliphatic heterocycles. The molecule has 1 aromatic heterocycles. The van der Waals surface area contributed by atoms with Crippen LogP contribution in [-0.4, -0.2) is 9.97 Å². The van der Waals surface area contributed by atoms with Crippen molar-refractivity contribution in [2.45, 2.75) is 5.03 Å². The van der Waals surface area contributed by atoms with Gasteiger partial charge in [-0.1, -0.05) is 5.03 Å². The fraction of sp³-hybridized carbons (Fsp3) is 0. The summed E-state index contributed by atoms with van der Waals surface area (Å²) in [6, 6.07) is 1.68. The van der Waals surface area contributed by atoms with Crippen molar-refractivity contribution in [2.75, 3.05) is 0 Å². The van der Waals surface area contributed by atoms with Crippen LogP contribution in [0.3, 0.4) is 0 Å². The van der Waals surface area contributed by atoms with Crippen LogP contribution < -0.4 is 51.4 Å². The van der Waals surface area contributed by atoms with Gasteiger partial charge in [-0.25, -0.2) is 4.98 Å². The van der Waals surface area contributed by atoms with Gasteiger partial charge >= 0.3 is 51.4 Å². The molecular weight excluding hydrogens is 147 g/mol. The second-order valence-corrected chi connectivity index (χ2v) is 1.47. The van der Waals surface area contributed by atoms with Gasteiger partial charge < -0.3 is 12.6 Å². The molecule has 0 aliphatic carbocycles. The van der Waals surface area contributed by atoms with Crippen molar-refractivity contribution >= 4 is 12.6 Å². The van der Waals surface area contributed by atoms with Crippen molar-refractivity contribution < 1.29 is 51.4 Å². The van der Waals surface area contributed by atoms with Crippen LogP contribution in [0.15, 0.2) is 23.6 Å². The predicted molar refractivity (Wildman–Crippen MR) is 27.7 cm³/mol. The summed E-state index contributed by atoms with van der Waals surface area (Å²) in [6.45, 7) is 0. The Kier molecular flexibility index (Phi) is 5.34. The molecule has 0 saturated carbocycles. The largest absolute Gasteiger partial charge is 1.00 e. The molecule has 0 N–H and O–H groups in total. The smallest absolute Gasteiger partial charge is 0.760 e. The summed E-state index contributed by atoms with van der Waals surface area (Å²) in [5.74, 6) is 0. The van der Waals surface area contributed by atoms with E-state index in [1.54, 1.807) is 12.3 Å². The third-order valence-electron chi connectivity index (χ3n) is 0.555. The molecule has 0 spiro atoms. The first kappa shape index (κ1) is 8.94. The third kappa shape index (κ3) is 3.06. The summed E-state index contributed by atoms with van der Waals surface area (Å²) in [5, 5.41) is 0.593. The van der Waals surface area contributed by atoms with Crippen molar-refractivity contribution in [3.05, 3.63) is 18.6 Å². The van der Waals surface area contributed by atoms with Gasteiger partial charge in [-0.05, 0) is 6.07 Å². The summed E-state index contributed by atoms with van der Waals surface area (Å²) in [5.41, 5.74) is 0. The van der Waals surface area contributed by atoms with Gasteiger partial charge in [0.25, 0.3) is 0 Å². The van der Waals surface area contributed by atoms with Crippen molar-refractivity contribution in [3.63, 3.8) is 0 Å². The number of aromatic nitrogens is 2. The molecule has 0 unspecified atom stereocenters. The molecule has 0 aliphatic rings. The van der Waals surface area contributed by atoms with E-state index in [4.69, 9.17) is 0 Å². The van der Waals surface area contributed by atoms with Crippen molar-refractivity contribution in [1.82, 2.24) is 9.97 Å². The number of hydrogen-bond donors (Lipinski definition) is 0. The minimum Gasteiger partial charge on any atom is -0.760 e. The Morgan fingerprint density at radius 3 is 2.50 bits per heavy atom. The molecule has 0 atom stereocenters. The summed E-state index contributed by atoms with van der Waals surface area (Å²) in [7, 11) is 0. The summed E-state index contributed by atoms with van der Waals surface area (Å²) < 4.78 is 0. The number of hydrogen-bond acceptors (Lipinski definition) is 3. The maximum absolute atomic E-state index is 4.66. The summed E-state index contributed by atoms with van der Waals surface area (Å²) in [6.07, 6.45) is 3.05. The van der Waals surface area contributed by atoms with Gasteiger partial charge in [0.2, 0.25) is 0 Å². The standard InChI is InChI=1S/C4H4N2S.K/c7-4-1-2-5-3-6-4;/h1-3H,(H,5,6,7);/q;+1/p-1. The number of rotatable bonds is 0. The molecule has 1 aromatic rings. The van der Waals surface area contributed by atoms with E-state index < -0.39 is 0 Å². The minimum absolute atomic E-state index is 0. The molecule has 0 bridgehead atoms. The van der Waals surface area contributed by atoms with Crippen molar-refractivity contribution in [3.8, 4) is 0 Å². The maximum atomic E-state index is 4.66. The van der Waals surface area contributed by atoms with E-state index in [2.05, 4.69) is 22.6 Å². The molecule has 1 heterocycles. The molecule has 0 aromatic carbocycles. The van der Waals surface area contributed by atoms with Gasteiger partial charge in [-0.3, -0.25) is 4.98 Å². The Labute approximate surface area is 95.9 Å². The molecule has 8 heavy (non-hydrogen) atoms. The molecular formula is C4H3KN2S. The van der Waals surface area contributed by atoms with Gasteiger partial charge in [0.05, 0.1) is 0 Å². The Morgan fingerprint density at radius 2 is 2.25 bits per heavy atom. The second-order valence-electron chi connectivity index (χ2n) is 1.05. The van der Waals surface area contributed by atoms with E-state index in [1.165, 1.54) is 6.33 Å². The van der Waals surface area contributed by atoms with Crippen LogP contribution in [0.1, 0.15) is 0 Å². The number of nitrogens with zero attached hydrogens (tertiary/aromatic N) is 2. The topological polar surface area (TPSA) is 25.8 Å². The zero-order chi connectivity index (χ0) is 5.11. The van der Waals surface area contributed by atoms with E-state index in [0.717, 1.165) is 0 Å². The Hall–Kier alpha value is 0.936. The van der Waals surface area contributed by atoms with E-state index in [1.807, 2.05) is 0 Å². The molecule has 0 fully saturated rings. The maximum Gasteiger partial charge on any atom is 1.00 e. The average Bonchev–Trinajstić information content (AvgIpc) is 1.69. The SMILES string of the molecule is [K+].[S-]c1ccncn1. The van der Waals surface area contributed by atoms with Crippen LogP contribution in [0.25, 0.3) is 0 Å². The van der Waals surface area contributed by atoms with Crippen LogP contribution in [0.2, 0.25) is 0 Å². The van der Waals surface area contributed by atoms with Crippen LogP contribution in [0.5, 0.6) is 0 Å². The molecule has 36 valence electrons. The van der Waals surface area contributed by atoms with Crippen LogP contribution >= 0.6 is 0 Å². The van der Waals surface area contributed by atoms with E-state index in [-0.39, 0.29) is 51.4 Å². The average molecular weight is 150 g/mol. The van der Waals surface area contributed by atoms with Gasteiger partial charge in [0.1, 0.15) is 6.33 Å². The first-order chi connectivity index (χ1) is 3.39. The normalized spacial score (nSPS) is 7.50. The first-order valence-electron chi connectivity index (χ1n) is 1.82. The van der Waals surface area contributed by atoms with Gasteiger partial charge in [-0.15, -0.1) is 0 Å². The summed E-state index contributed by atoms with van der Waals surface area (Å²) in [4.78, 5) is 7.35. The molecule has 4 heteroatoms. The molecule has 2 nitrogen and oxygen atoms in total. The van der Waals surface area contributed by atoms with E-state index >= 15 is 0 Å². The second kappa shape index (κ2) is 4.78. The molecule has 0 amide bonds. The quantitative estimate of drug-likeness (QED) is 0.230. The minimum atomic E-state index is 0. The fourth-order valence-corrected chi connectivity index (χ4v) is 0.387. The first-order valence-corrected chi connectivity index (χ1v) is 2.23. The summed E-state index contributed by atoms with van der Waals surface area (Å²) >= 11 is 4.66. The molecule has 0 saturated heterocycles. The van der Waals surface area contributed by atoms with E-state index in [0.29, 0.717) is 5.03 Å². The van der Waals surface area contributed by atoms with Crippen LogP contribution in [0, 0.1) is 0 Å². The predicted octanol–water partition coefficient (Wildman–Crippen LogP) is -2.61. The van der Waals surface area contributed by atoms with Crippen molar-refractivity contribution in [2.24, 2.45) is 0 Å².